The van der Waals surface area contributed by atoms with Crippen molar-refractivity contribution in [2.75, 3.05) is 27.2 Å². The van der Waals surface area contributed by atoms with E-state index in [1.165, 1.54) is 23.1 Å². The zero-order valence-corrected chi connectivity index (χ0v) is 11.9. The quantitative estimate of drug-likeness (QED) is 0.761. The minimum Gasteiger partial charge on any atom is -0.310 e. The molecule has 0 radical (unpaired) electrons. The summed E-state index contributed by atoms with van der Waals surface area (Å²) in [6, 6.07) is 7.12. The van der Waals surface area contributed by atoms with Gasteiger partial charge in [-0.15, -0.1) is 0 Å². The molecule has 0 aliphatic rings. The lowest BCUT2D eigenvalue weighted by Gasteiger charge is -2.18. The van der Waals surface area contributed by atoms with Crippen molar-refractivity contribution >= 4 is 0 Å². The third kappa shape index (κ3) is 4.88. The van der Waals surface area contributed by atoms with Gasteiger partial charge in [-0.2, -0.15) is 0 Å². The molecule has 1 atom stereocenters. The van der Waals surface area contributed by atoms with Crippen molar-refractivity contribution in [1.29, 1.82) is 0 Å². The van der Waals surface area contributed by atoms with Crippen LogP contribution in [0.25, 0.3) is 0 Å². The molecule has 1 rings (SSSR count). The van der Waals surface area contributed by atoms with Crippen LogP contribution >= 0.6 is 0 Å². The van der Waals surface area contributed by atoms with Gasteiger partial charge in [-0.3, -0.25) is 0 Å². The first-order chi connectivity index (χ1) is 8.00. The van der Waals surface area contributed by atoms with Crippen molar-refractivity contribution in [1.82, 2.24) is 10.2 Å². The van der Waals surface area contributed by atoms with Crippen LogP contribution in [0.2, 0.25) is 0 Å². The molecule has 0 aromatic heterocycles. The number of nitrogens with one attached hydrogen (secondary N) is 1. The molecule has 2 nitrogen and oxygen atoms in total. The fourth-order valence-corrected chi connectivity index (χ4v) is 2.05. The molecule has 0 aliphatic carbocycles. The molecule has 0 saturated carbocycles. The maximum Gasteiger partial charge on any atom is 0.0294 e. The summed E-state index contributed by atoms with van der Waals surface area (Å²) in [4.78, 5) is 2.23. The van der Waals surface area contributed by atoms with Gasteiger partial charge < -0.3 is 10.2 Å². The summed E-state index contributed by atoms with van der Waals surface area (Å²) in [5.41, 5.74) is 4.14. The Morgan fingerprint density at radius 1 is 1.24 bits per heavy atom. The van der Waals surface area contributed by atoms with E-state index in [1.54, 1.807) is 0 Å². The lowest BCUT2D eigenvalue weighted by Crippen LogP contribution is -2.24. The molecule has 96 valence electrons. The molecule has 0 saturated heterocycles. The normalized spacial score (nSPS) is 13.1. The van der Waals surface area contributed by atoms with Crippen molar-refractivity contribution in [3.8, 4) is 0 Å². The van der Waals surface area contributed by atoms with Crippen LogP contribution in [0.3, 0.4) is 0 Å². The molecule has 0 amide bonds. The molecule has 0 spiro atoms. The largest absolute Gasteiger partial charge is 0.310 e. The molecular formula is C15H26N2. The highest BCUT2D eigenvalue weighted by atomic mass is 15.1. The smallest absolute Gasteiger partial charge is 0.0294 e. The Morgan fingerprint density at radius 2 is 1.94 bits per heavy atom. The fourth-order valence-electron chi connectivity index (χ4n) is 2.05. The number of hydrogen-bond donors (Lipinski definition) is 1. The highest BCUT2D eigenvalue weighted by Crippen LogP contribution is 2.18. The van der Waals surface area contributed by atoms with Crippen molar-refractivity contribution in [3.63, 3.8) is 0 Å². The van der Waals surface area contributed by atoms with E-state index in [4.69, 9.17) is 0 Å². The second-order valence-corrected chi connectivity index (χ2v) is 5.19. The minimum atomic E-state index is 0.442. The van der Waals surface area contributed by atoms with E-state index in [2.05, 4.69) is 63.3 Å². The topological polar surface area (TPSA) is 15.3 Å². The zero-order valence-electron chi connectivity index (χ0n) is 11.9. The van der Waals surface area contributed by atoms with E-state index < -0.39 is 0 Å². The van der Waals surface area contributed by atoms with Gasteiger partial charge in [-0.25, -0.2) is 0 Å². The monoisotopic (exact) mass is 234 g/mol. The summed E-state index contributed by atoms with van der Waals surface area (Å²) in [5.74, 6) is 0. The number of rotatable bonds is 6. The van der Waals surface area contributed by atoms with E-state index in [0.717, 1.165) is 13.1 Å². The van der Waals surface area contributed by atoms with Crippen LogP contribution in [0.1, 0.15) is 36.1 Å². The third-order valence-electron chi connectivity index (χ3n) is 3.13. The van der Waals surface area contributed by atoms with Crippen molar-refractivity contribution in [2.24, 2.45) is 0 Å². The lowest BCUT2D eigenvalue weighted by molar-refractivity contribution is 0.389. The maximum atomic E-state index is 3.60. The van der Waals surface area contributed by atoms with Crippen LogP contribution in [-0.4, -0.2) is 32.1 Å². The van der Waals surface area contributed by atoms with E-state index in [-0.39, 0.29) is 0 Å². The molecular weight excluding hydrogens is 208 g/mol. The molecule has 1 N–H and O–H groups in total. The molecule has 0 bridgehead atoms. The molecule has 2 heteroatoms. The van der Waals surface area contributed by atoms with Crippen LogP contribution in [-0.2, 0) is 0 Å². The lowest BCUT2D eigenvalue weighted by atomic mass is 10.00. The van der Waals surface area contributed by atoms with Gasteiger partial charge in [0.2, 0.25) is 0 Å². The minimum absolute atomic E-state index is 0.442. The van der Waals surface area contributed by atoms with E-state index in [1.807, 2.05) is 0 Å². The molecule has 0 heterocycles. The Morgan fingerprint density at radius 3 is 2.59 bits per heavy atom. The molecule has 1 aromatic carbocycles. The Hall–Kier alpha value is -0.860. The van der Waals surface area contributed by atoms with E-state index in [0.29, 0.717) is 6.04 Å². The fraction of sp³-hybridized carbons (Fsp3) is 0.600. The number of hydrogen-bond acceptors (Lipinski definition) is 2. The molecule has 1 aromatic rings. The Labute approximate surface area is 106 Å². The summed E-state index contributed by atoms with van der Waals surface area (Å²) in [6.45, 7) is 8.81. The van der Waals surface area contributed by atoms with Crippen LogP contribution in [0.15, 0.2) is 18.2 Å². The van der Waals surface area contributed by atoms with E-state index >= 15 is 0 Å². The van der Waals surface area contributed by atoms with Crippen LogP contribution in [0.5, 0.6) is 0 Å². The average molecular weight is 234 g/mol. The van der Waals surface area contributed by atoms with Gasteiger partial charge in [0.15, 0.2) is 0 Å². The molecule has 0 aliphatic heterocycles. The number of nitrogens with zero attached hydrogens (tertiary/aromatic N) is 1. The molecule has 17 heavy (non-hydrogen) atoms. The van der Waals surface area contributed by atoms with Crippen LogP contribution in [0, 0.1) is 13.8 Å². The third-order valence-corrected chi connectivity index (χ3v) is 3.13. The average Bonchev–Trinajstić information content (AvgIpc) is 2.27. The van der Waals surface area contributed by atoms with Gasteiger partial charge in [0.25, 0.3) is 0 Å². The molecule has 1 unspecified atom stereocenters. The first kappa shape index (κ1) is 14.2. The van der Waals surface area contributed by atoms with Crippen molar-refractivity contribution in [3.05, 3.63) is 34.9 Å². The Bertz CT molecular complexity index is 345. The van der Waals surface area contributed by atoms with Gasteiger partial charge in [-0.1, -0.05) is 23.8 Å². The standard InChI is InChI=1S/C15H26N2/c1-12-7-8-13(2)15(11-12)14(3)16-9-6-10-17(4)5/h7-8,11,14,16H,6,9-10H2,1-5H3. The van der Waals surface area contributed by atoms with Crippen molar-refractivity contribution in [2.45, 2.75) is 33.2 Å². The summed E-state index contributed by atoms with van der Waals surface area (Å²) in [5, 5.41) is 3.60. The number of aryl methyl sites for hydroxylation is 2. The summed E-state index contributed by atoms with van der Waals surface area (Å²) < 4.78 is 0. The van der Waals surface area contributed by atoms with Gasteiger partial charge in [0.1, 0.15) is 0 Å². The predicted molar refractivity (Wildman–Crippen MR) is 75.5 cm³/mol. The molecule has 0 fully saturated rings. The number of benzene rings is 1. The van der Waals surface area contributed by atoms with Gasteiger partial charge in [0, 0.05) is 6.04 Å². The van der Waals surface area contributed by atoms with E-state index in [9.17, 15) is 0 Å². The van der Waals surface area contributed by atoms with Gasteiger partial charge in [-0.05, 0) is 65.5 Å². The predicted octanol–water partition coefficient (Wildman–Crippen LogP) is 2.91. The summed E-state index contributed by atoms with van der Waals surface area (Å²) >= 11 is 0. The highest BCUT2D eigenvalue weighted by Gasteiger charge is 2.07. The first-order valence-electron chi connectivity index (χ1n) is 6.46. The van der Waals surface area contributed by atoms with Crippen molar-refractivity contribution < 1.29 is 0 Å². The highest BCUT2D eigenvalue weighted by molar-refractivity contribution is 5.32. The maximum absolute atomic E-state index is 3.60. The second-order valence-electron chi connectivity index (χ2n) is 5.19. The summed E-state index contributed by atoms with van der Waals surface area (Å²) in [6.07, 6.45) is 1.20. The van der Waals surface area contributed by atoms with Gasteiger partial charge >= 0.3 is 0 Å². The van der Waals surface area contributed by atoms with Crippen LogP contribution in [0.4, 0.5) is 0 Å². The zero-order chi connectivity index (χ0) is 12.8. The Kier molecular flexibility index (Phi) is 5.66. The summed E-state index contributed by atoms with van der Waals surface area (Å²) in [7, 11) is 4.24. The first-order valence-corrected chi connectivity index (χ1v) is 6.46. The SMILES string of the molecule is Cc1ccc(C)c(C(C)NCCCN(C)C)c1. The van der Waals surface area contributed by atoms with Gasteiger partial charge in [0.05, 0.1) is 0 Å². The van der Waals surface area contributed by atoms with Crippen LogP contribution < -0.4 is 5.32 Å². The Balaban J connectivity index is 2.46. The second kappa shape index (κ2) is 6.77.